The topological polar surface area (TPSA) is 88.5 Å². The maximum absolute atomic E-state index is 11.7. The molecular weight excluding hydrogens is 304 g/mol. The van der Waals surface area contributed by atoms with Gasteiger partial charge in [0, 0.05) is 0 Å². The fourth-order valence-electron chi connectivity index (χ4n) is 2.47. The van der Waals surface area contributed by atoms with Crippen molar-refractivity contribution in [3.8, 4) is 0 Å². The number of aryl methyl sites for hydroxylation is 3. The van der Waals surface area contributed by atoms with Gasteiger partial charge in [0.15, 0.2) is 0 Å². The first-order valence-electron chi connectivity index (χ1n) is 7.74. The van der Waals surface area contributed by atoms with Crippen LogP contribution in [0.25, 0.3) is 0 Å². The van der Waals surface area contributed by atoms with Gasteiger partial charge in [-0.2, -0.15) is 5.10 Å². The summed E-state index contributed by atoms with van der Waals surface area (Å²) in [6.07, 6.45) is 0. The Morgan fingerprint density at radius 3 is 2.42 bits per heavy atom. The third-order valence-corrected chi connectivity index (χ3v) is 3.94. The van der Waals surface area contributed by atoms with Gasteiger partial charge in [-0.05, 0) is 33.3 Å². The molecular formula is C17H20N6O. The monoisotopic (exact) mass is 324 g/mol. The van der Waals surface area contributed by atoms with Gasteiger partial charge in [-0.3, -0.25) is 14.5 Å². The lowest BCUT2D eigenvalue weighted by molar-refractivity contribution is 0.659. The van der Waals surface area contributed by atoms with Crippen molar-refractivity contribution in [3.05, 3.63) is 62.8 Å². The van der Waals surface area contributed by atoms with Gasteiger partial charge in [-0.1, -0.05) is 29.8 Å². The van der Waals surface area contributed by atoms with E-state index in [2.05, 4.69) is 56.8 Å². The molecule has 3 rings (SSSR count). The lowest BCUT2D eigenvalue weighted by Crippen LogP contribution is -2.16. The first-order chi connectivity index (χ1) is 11.4. The molecule has 0 atom stereocenters. The molecule has 0 aliphatic carbocycles. The van der Waals surface area contributed by atoms with Crippen LogP contribution in [0.1, 0.15) is 28.2 Å². The van der Waals surface area contributed by atoms with Crippen LogP contribution in [-0.4, -0.2) is 25.0 Å². The summed E-state index contributed by atoms with van der Waals surface area (Å²) in [6.45, 7) is 8.27. The third-order valence-electron chi connectivity index (χ3n) is 3.94. The Labute approximate surface area is 139 Å². The smallest absolute Gasteiger partial charge is 0.273 e. The zero-order chi connectivity index (χ0) is 17.3. The third kappa shape index (κ3) is 3.19. The second-order valence-electron chi connectivity index (χ2n) is 5.90. The largest absolute Gasteiger partial charge is 0.321 e. The average Bonchev–Trinajstić information content (AvgIpc) is 2.81. The maximum Gasteiger partial charge on any atom is 0.273 e. The van der Waals surface area contributed by atoms with Crippen molar-refractivity contribution < 1.29 is 0 Å². The fraction of sp³-hybridized carbons (Fsp3) is 0.294. The second-order valence-corrected chi connectivity index (χ2v) is 5.90. The molecule has 0 saturated heterocycles. The van der Waals surface area contributed by atoms with Gasteiger partial charge in [0.2, 0.25) is 5.95 Å². The van der Waals surface area contributed by atoms with Crippen LogP contribution in [0.3, 0.4) is 0 Å². The quantitative estimate of drug-likeness (QED) is 0.769. The van der Waals surface area contributed by atoms with Gasteiger partial charge < -0.3 is 5.32 Å². The van der Waals surface area contributed by atoms with Crippen LogP contribution in [0.2, 0.25) is 0 Å². The molecule has 0 aliphatic rings. The molecule has 3 aromatic rings. The second kappa shape index (κ2) is 6.27. The highest BCUT2D eigenvalue weighted by molar-refractivity contribution is 5.59. The van der Waals surface area contributed by atoms with E-state index < -0.39 is 0 Å². The van der Waals surface area contributed by atoms with Crippen molar-refractivity contribution >= 4 is 11.6 Å². The summed E-state index contributed by atoms with van der Waals surface area (Å²) in [6, 6.07) is 8.38. The lowest BCUT2D eigenvalue weighted by Gasteiger charge is -2.07. The molecule has 0 aliphatic heterocycles. The van der Waals surface area contributed by atoms with Crippen LogP contribution in [0.5, 0.6) is 0 Å². The normalized spacial score (nSPS) is 10.8. The molecule has 0 fully saturated rings. The Morgan fingerprint density at radius 1 is 1.04 bits per heavy atom. The summed E-state index contributed by atoms with van der Waals surface area (Å²) in [5, 5.41) is 15.5. The van der Waals surface area contributed by atoms with E-state index in [0.717, 1.165) is 17.1 Å². The summed E-state index contributed by atoms with van der Waals surface area (Å²) in [5.41, 5.74) is 5.13. The van der Waals surface area contributed by atoms with Crippen LogP contribution in [0.15, 0.2) is 29.1 Å². The van der Waals surface area contributed by atoms with Gasteiger partial charge in [0.05, 0.1) is 23.6 Å². The highest BCUT2D eigenvalue weighted by Gasteiger charge is 2.13. The molecule has 0 saturated carbocycles. The number of nitrogens with zero attached hydrogens (tertiary/aromatic N) is 4. The predicted octanol–water partition coefficient (Wildman–Crippen LogP) is 2.39. The van der Waals surface area contributed by atoms with Crippen LogP contribution >= 0.6 is 0 Å². The van der Waals surface area contributed by atoms with Crippen molar-refractivity contribution in [1.82, 2.24) is 25.0 Å². The van der Waals surface area contributed by atoms with Gasteiger partial charge in [0.1, 0.15) is 5.69 Å². The molecule has 0 spiro atoms. The fourth-order valence-corrected chi connectivity index (χ4v) is 2.47. The lowest BCUT2D eigenvalue weighted by atomic mass is 10.1. The molecule has 2 N–H and O–H groups in total. The summed E-state index contributed by atoms with van der Waals surface area (Å²) in [7, 11) is 0. The van der Waals surface area contributed by atoms with E-state index in [4.69, 9.17) is 0 Å². The van der Waals surface area contributed by atoms with Crippen LogP contribution < -0.4 is 10.9 Å². The molecule has 7 nitrogen and oxygen atoms in total. The number of rotatable bonds is 4. The van der Waals surface area contributed by atoms with Gasteiger partial charge >= 0.3 is 0 Å². The van der Waals surface area contributed by atoms with E-state index >= 15 is 0 Å². The molecule has 0 bridgehead atoms. The number of nitrogens with one attached hydrogen (secondary N) is 2. The molecule has 2 heterocycles. The number of aromatic amines is 1. The van der Waals surface area contributed by atoms with Crippen molar-refractivity contribution in [3.63, 3.8) is 0 Å². The van der Waals surface area contributed by atoms with Gasteiger partial charge in [-0.25, -0.2) is 0 Å². The number of hydrogen-bond acceptors (Lipinski definition) is 5. The van der Waals surface area contributed by atoms with E-state index in [0.29, 0.717) is 18.2 Å². The molecule has 24 heavy (non-hydrogen) atoms. The average molecular weight is 324 g/mol. The minimum Gasteiger partial charge on any atom is -0.321 e. The molecule has 0 radical (unpaired) electrons. The molecule has 0 amide bonds. The molecule has 0 unspecified atom stereocenters. The number of benzene rings is 1. The minimum atomic E-state index is -0.255. The van der Waals surface area contributed by atoms with E-state index in [9.17, 15) is 4.79 Å². The molecule has 7 heteroatoms. The highest BCUT2D eigenvalue weighted by atomic mass is 16.1. The first-order valence-corrected chi connectivity index (χ1v) is 7.74. The first kappa shape index (κ1) is 15.9. The Balaban J connectivity index is 1.87. The Morgan fingerprint density at radius 2 is 1.75 bits per heavy atom. The summed E-state index contributed by atoms with van der Waals surface area (Å²) >= 11 is 0. The standard InChI is InChI=1S/C17H20N6O/c1-10-5-7-14(8-6-10)9-23-13(4)15(11(2)22-23)18-17-19-16(24)12(3)20-21-17/h5-8H,9H2,1-4H3,(H2,18,19,21,24). The van der Waals surface area contributed by atoms with Crippen LogP contribution in [0.4, 0.5) is 11.6 Å². The van der Waals surface area contributed by atoms with E-state index in [1.807, 2.05) is 18.5 Å². The Bertz CT molecular complexity index is 923. The zero-order valence-corrected chi connectivity index (χ0v) is 14.2. The van der Waals surface area contributed by atoms with Crippen molar-refractivity contribution in [2.24, 2.45) is 0 Å². The van der Waals surface area contributed by atoms with Crippen molar-refractivity contribution in [1.29, 1.82) is 0 Å². The molecule has 124 valence electrons. The summed E-state index contributed by atoms with van der Waals surface area (Å²) in [4.78, 5) is 14.3. The summed E-state index contributed by atoms with van der Waals surface area (Å²) < 4.78 is 1.93. The van der Waals surface area contributed by atoms with Crippen LogP contribution in [0, 0.1) is 27.7 Å². The molecule has 2 aromatic heterocycles. The van der Waals surface area contributed by atoms with E-state index in [1.165, 1.54) is 11.1 Å². The van der Waals surface area contributed by atoms with Crippen LogP contribution in [-0.2, 0) is 6.54 Å². The Kier molecular flexibility index (Phi) is 4.16. The number of aromatic nitrogens is 5. The molecule has 1 aromatic carbocycles. The van der Waals surface area contributed by atoms with E-state index in [1.54, 1.807) is 6.92 Å². The summed E-state index contributed by atoms with van der Waals surface area (Å²) in [5.74, 6) is 0.312. The van der Waals surface area contributed by atoms with E-state index in [-0.39, 0.29) is 5.56 Å². The maximum atomic E-state index is 11.7. The van der Waals surface area contributed by atoms with Gasteiger partial charge in [-0.15, -0.1) is 10.2 Å². The SMILES string of the molecule is Cc1ccc(Cn2nc(C)c(Nc3nnc(C)c(=O)[nH]3)c2C)cc1. The zero-order valence-electron chi connectivity index (χ0n) is 14.2. The Hall–Kier alpha value is -2.96. The minimum absolute atomic E-state index is 0.255. The van der Waals surface area contributed by atoms with Crippen molar-refractivity contribution in [2.45, 2.75) is 34.2 Å². The van der Waals surface area contributed by atoms with Crippen molar-refractivity contribution in [2.75, 3.05) is 5.32 Å². The predicted molar refractivity (Wildman–Crippen MR) is 92.7 cm³/mol. The number of H-pyrrole nitrogens is 1. The number of hydrogen-bond donors (Lipinski definition) is 2. The highest BCUT2D eigenvalue weighted by Crippen LogP contribution is 2.22. The number of anilines is 2. The van der Waals surface area contributed by atoms with Gasteiger partial charge in [0.25, 0.3) is 5.56 Å².